The number of carbonyl (C=O) groups is 1. The topological polar surface area (TPSA) is 84.5 Å². The van der Waals surface area contributed by atoms with Crippen molar-refractivity contribution in [2.75, 3.05) is 12.4 Å². The largest absolute Gasteiger partial charge is 0.497 e. The molecule has 0 aromatic heterocycles. The summed E-state index contributed by atoms with van der Waals surface area (Å²) in [5.41, 5.74) is 1.52. The minimum absolute atomic E-state index is 0.122. The van der Waals surface area contributed by atoms with E-state index >= 15 is 0 Å². The summed E-state index contributed by atoms with van der Waals surface area (Å²) >= 11 is 0. The number of amides is 1. The normalized spacial score (nSPS) is 12.5. The number of methoxy groups -OCH3 is 1. The van der Waals surface area contributed by atoms with E-state index in [0.717, 1.165) is 5.56 Å². The Kier molecular flexibility index (Phi) is 5.58. The molecule has 0 fully saturated rings. The first-order chi connectivity index (χ1) is 11.3. The van der Waals surface area contributed by atoms with Crippen molar-refractivity contribution < 1.29 is 17.9 Å². The Balaban J connectivity index is 2.03. The van der Waals surface area contributed by atoms with E-state index in [4.69, 9.17) is 4.74 Å². The number of nitrogens with one attached hydrogen (secondary N) is 2. The first kappa shape index (κ1) is 18.0. The highest BCUT2D eigenvalue weighted by atomic mass is 32.2. The third kappa shape index (κ3) is 4.56. The smallest absolute Gasteiger partial charge is 0.242 e. The van der Waals surface area contributed by atoms with Crippen LogP contribution in [0.2, 0.25) is 0 Å². The number of hydrogen-bond acceptors (Lipinski definition) is 4. The molecule has 1 amide bonds. The van der Waals surface area contributed by atoms with Gasteiger partial charge in [0.05, 0.1) is 18.0 Å². The van der Waals surface area contributed by atoms with Gasteiger partial charge in [0.2, 0.25) is 15.9 Å². The van der Waals surface area contributed by atoms with Crippen molar-refractivity contribution in [3.8, 4) is 5.75 Å². The number of carbonyl (C=O) groups excluding carboxylic acids is 1. The molecular weight excluding hydrogens is 328 g/mol. The molecule has 2 aromatic rings. The number of ether oxygens (including phenoxy) is 1. The molecule has 2 rings (SSSR count). The average molecular weight is 348 g/mol. The van der Waals surface area contributed by atoms with E-state index in [1.807, 2.05) is 6.92 Å². The van der Waals surface area contributed by atoms with Crippen LogP contribution in [-0.4, -0.2) is 27.5 Å². The zero-order chi connectivity index (χ0) is 17.7. The first-order valence-corrected chi connectivity index (χ1v) is 8.84. The Morgan fingerprint density at radius 3 is 2.17 bits per heavy atom. The second-order valence-corrected chi connectivity index (χ2v) is 7.09. The lowest BCUT2D eigenvalue weighted by Gasteiger charge is -2.15. The highest BCUT2D eigenvalue weighted by Gasteiger charge is 2.22. The van der Waals surface area contributed by atoms with Crippen LogP contribution in [0, 0.1) is 6.92 Å². The minimum Gasteiger partial charge on any atom is -0.497 e. The number of aryl methyl sites for hydroxylation is 1. The highest BCUT2D eigenvalue weighted by molar-refractivity contribution is 7.89. The van der Waals surface area contributed by atoms with Gasteiger partial charge in [-0.3, -0.25) is 4.79 Å². The van der Waals surface area contributed by atoms with Crippen LogP contribution >= 0.6 is 0 Å². The van der Waals surface area contributed by atoms with Crippen LogP contribution in [0.3, 0.4) is 0 Å². The van der Waals surface area contributed by atoms with Gasteiger partial charge in [-0.15, -0.1) is 0 Å². The summed E-state index contributed by atoms with van der Waals surface area (Å²) in [6, 6.07) is 12.3. The summed E-state index contributed by atoms with van der Waals surface area (Å²) in [6.45, 7) is 3.36. The summed E-state index contributed by atoms with van der Waals surface area (Å²) in [6.07, 6.45) is 0. The molecule has 7 heteroatoms. The Morgan fingerprint density at radius 2 is 1.62 bits per heavy atom. The van der Waals surface area contributed by atoms with Crippen molar-refractivity contribution in [1.29, 1.82) is 0 Å². The van der Waals surface area contributed by atoms with Crippen LogP contribution in [0.1, 0.15) is 12.5 Å². The Morgan fingerprint density at radius 1 is 1.04 bits per heavy atom. The molecule has 1 atom stereocenters. The van der Waals surface area contributed by atoms with Crippen molar-refractivity contribution in [2.24, 2.45) is 0 Å². The molecule has 0 radical (unpaired) electrons. The second-order valence-electron chi connectivity index (χ2n) is 5.37. The van der Waals surface area contributed by atoms with Crippen LogP contribution in [0.25, 0.3) is 0 Å². The third-order valence-corrected chi connectivity index (χ3v) is 4.97. The summed E-state index contributed by atoms with van der Waals surface area (Å²) < 4.78 is 32.0. The van der Waals surface area contributed by atoms with Crippen LogP contribution in [0.4, 0.5) is 5.69 Å². The fourth-order valence-electron chi connectivity index (χ4n) is 2.00. The van der Waals surface area contributed by atoms with Gasteiger partial charge in [0.15, 0.2) is 0 Å². The molecule has 0 saturated heterocycles. The minimum atomic E-state index is -3.76. The van der Waals surface area contributed by atoms with Gasteiger partial charge in [0, 0.05) is 5.69 Å². The molecule has 24 heavy (non-hydrogen) atoms. The molecule has 0 aliphatic carbocycles. The fraction of sp³-hybridized carbons (Fsp3) is 0.235. The van der Waals surface area contributed by atoms with Crippen LogP contribution < -0.4 is 14.8 Å². The van der Waals surface area contributed by atoms with Gasteiger partial charge in [-0.05, 0) is 50.2 Å². The molecule has 2 N–H and O–H groups in total. The average Bonchev–Trinajstić information content (AvgIpc) is 2.55. The summed E-state index contributed by atoms with van der Waals surface area (Å²) in [4.78, 5) is 12.3. The van der Waals surface area contributed by atoms with E-state index in [0.29, 0.717) is 11.4 Å². The van der Waals surface area contributed by atoms with Gasteiger partial charge in [-0.1, -0.05) is 17.7 Å². The standard InChI is InChI=1S/C17H20N2O4S/c1-12-4-10-16(11-5-12)24(21,22)19-13(2)17(20)18-14-6-8-15(23-3)9-7-14/h4-11,13,19H,1-3H3,(H,18,20)/t13-/m1/s1. The monoisotopic (exact) mass is 348 g/mol. The molecule has 0 unspecified atom stereocenters. The van der Waals surface area contributed by atoms with Crippen molar-refractivity contribution in [3.63, 3.8) is 0 Å². The third-order valence-electron chi connectivity index (χ3n) is 3.41. The Hall–Kier alpha value is -2.38. The lowest BCUT2D eigenvalue weighted by Crippen LogP contribution is -2.41. The number of benzene rings is 2. The van der Waals surface area contributed by atoms with E-state index in [9.17, 15) is 13.2 Å². The van der Waals surface area contributed by atoms with Gasteiger partial charge in [0.1, 0.15) is 5.75 Å². The van der Waals surface area contributed by atoms with Crippen LogP contribution in [0.15, 0.2) is 53.4 Å². The lowest BCUT2D eigenvalue weighted by atomic mass is 10.2. The summed E-state index contributed by atoms with van der Waals surface area (Å²) in [7, 11) is -2.20. The predicted molar refractivity (Wildman–Crippen MR) is 92.6 cm³/mol. The maximum atomic E-state index is 12.3. The number of sulfonamides is 1. The Labute approximate surface area is 141 Å². The number of rotatable bonds is 6. The number of hydrogen-bond donors (Lipinski definition) is 2. The van der Waals surface area contributed by atoms with Gasteiger partial charge in [0.25, 0.3) is 0 Å². The van der Waals surface area contributed by atoms with Crippen molar-refractivity contribution in [3.05, 3.63) is 54.1 Å². The van der Waals surface area contributed by atoms with E-state index in [1.54, 1.807) is 43.5 Å². The molecule has 0 heterocycles. The zero-order valence-corrected chi connectivity index (χ0v) is 14.6. The molecular formula is C17H20N2O4S. The van der Waals surface area contributed by atoms with Gasteiger partial charge >= 0.3 is 0 Å². The molecule has 0 saturated carbocycles. The van der Waals surface area contributed by atoms with E-state index in [2.05, 4.69) is 10.0 Å². The van der Waals surface area contributed by atoms with E-state index in [1.165, 1.54) is 19.1 Å². The Bertz CT molecular complexity index is 799. The molecule has 0 aliphatic rings. The maximum Gasteiger partial charge on any atom is 0.242 e. The quantitative estimate of drug-likeness (QED) is 0.839. The molecule has 2 aromatic carbocycles. The highest BCUT2D eigenvalue weighted by Crippen LogP contribution is 2.15. The molecule has 0 bridgehead atoms. The first-order valence-electron chi connectivity index (χ1n) is 7.36. The second kappa shape index (κ2) is 7.46. The van der Waals surface area contributed by atoms with E-state index < -0.39 is 22.0 Å². The predicted octanol–water partition coefficient (Wildman–Crippen LogP) is 2.31. The van der Waals surface area contributed by atoms with Crippen molar-refractivity contribution in [1.82, 2.24) is 4.72 Å². The summed E-state index contributed by atoms with van der Waals surface area (Å²) in [5.74, 6) is 0.219. The SMILES string of the molecule is COc1ccc(NC(=O)[C@@H](C)NS(=O)(=O)c2ccc(C)cc2)cc1. The molecule has 128 valence electrons. The molecule has 0 aliphatic heterocycles. The van der Waals surface area contributed by atoms with Crippen LogP contribution in [0.5, 0.6) is 5.75 Å². The maximum absolute atomic E-state index is 12.3. The lowest BCUT2D eigenvalue weighted by molar-refractivity contribution is -0.117. The number of anilines is 1. The zero-order valence-electron chi connectivity index (χ0n) is 13.7. The van der Waals surface area contributed by atoms with Crippen LogP contribution in [-0.2, 0) is 14.8 Å². The van der Waals surface area contributed by atoms with Crippen molar-refractivity contribution in [2.45, 2.75) is 24.8 Å². The van der Waals surface area contributed by atoms with Gasteiger partial charge in [-0.25, -0.2) is 8.42 Å². The van der Waals surface area contributed by atoms with E-state index in [-0.39, 0.29) is 4.90 Å². The summed E-state index contributed by atoms with van der Waals surface area (Å²) in [5, 5.41) is 2.65. The van der Waals surface area contributed by atoms with Gasteiger partial charge < -0.3 is 10.1 Å². The fourth-order valence-corrected chi connectivity index (χ4v) is 3.20. The molecule has 0 spiro atoms. The molecule has 6 nitrogen and oxygen atoms in total. The van der Waals surface area contributed by atoms with Crippen molar-refractivity contribution >= 4 is 21.6 Å². The van der Waals surface area contributed by atoms with Gasteiger partial charge in [-0.2, -0.15) is 4.72 Å².